The normalized spacial score (nSPS) is 12.9. The van der Waals surface area contributed by atoms with Gasteiger partial charge in [-0.15, -0.1) is 0 Å². The second kappa shape index (κ2) is 5.52. The molecule has 0 aliphatic rings. The first kappa shape index (κ1) is 13.7. The van der Waals surface area contributed by atoms with Crippen LogP contribution in [0.2, 0.25) is 0 Å². The van der Waals surface area contributed by atoms with Crippen LogP contribution in [0.1, 0.15) is 35.7 Å². The molecular weight excluding hydrogens is 240 g/mol. The predicted molar refractivity (Wildman–Crippen MR) is 73.8 cm³/mol. The number of likely N-dealkylation sites (N-methyl/N-ethyl adjacent to an activating group) is 1. The van der Waals surface area contributed by atoms with E-state index in [0.29, 0.717) is 0 Å². The van der Waals surface area contributed by atoms with Gasteiger partial charge in [0.25, 0.3) is 0 Å². The predicted octanol–water partition coefficient (Wildman–Crippen LogP) is 1.06. The minimum absolute atomic E-state index is 0.224. The Bertz CT molecular complexity index is 553. The Hall–Kier alpha value is -1.69. The highest BCUT2D eigenvalue weighted by molar-refractivity contribution is 5.29. The molecule has 2 aromatic rings. The van der Waals surface area contributed by atoms with Crippen molar-refractivity contribution in [2.24, 2.45) is 14.1 Å². The van der Waals surface area contributed by atoms with Crippen molar-refractivity contribution in [2.45, 2.75) is 33.2 Å². The molecular formula is C13H22N6. The Morgan fingerprint density at radius 2 is 2.00 bits per heavy atom. The largest absolute Gasteiger partial charge is 0.310 e. The van der Waals surface area contributed by atoms with E-state index < -0.39 is 0 Å². The van der Waals surface area contributed by atoms with Gasteiger partial charge in [-0.05, 0) is 20.4 Å². The van der Waals surface area contributed by atoms with Crippen LogP contribution in [0.3, 0.4) is 0 Å². The molecule has 1 unspecified atom stereocenters. The average molecular weight is 262 g/mol. The summed E-state index contributed by atoms with van der Waals surface area (Å²) in [5.41, 5.74) is 3.55. The molecule has 19 heavy (non-hydrogen) atoms. The van der Waals surface area contributed by atoms with Gasteiger partial charge in [-0.3, -0.25) is 9.36 Å². The van der Waals surface area contributed by atoms with Crippen molar-refractivity contribution in [3.8, 4) is 0 Å². The Kier molecular flexibility index (Phi) is 3.99. The molecule has 0 fully saturated rings. The first-order valence-electron chi connectivity index (χ1n) is 6.61. The van der Waals surface area contributed by atoms with Gasteiger partial charge in [0.15, 0.2) is 0 Å². The zero-order chi connectivity index (χ0) is 14.0. The lowest BCUT2D eigenvalue weighted by Crippen LogP contribution is -2.25. The number of hydrogen-bond acceptors (Lipinski definition) is 4. The van der Waals surface area contributed by atoms with E-state index in [4.69, 9.17) is 0 Å². The van der Waals surface area contributed by atoms with E-state index in [1.165, 1.54) is 11.3 Å². The van der Waals surface area contributed by atoms with Gasteiger partial charge in [0, 0.05) is 37.8 Å². The summed E-state index contributed by atoms with van der Waals surface area (Å²) in [6, 6.07) is 0.224. The number of nitrogens with zero attached hydrogens (tertiary/aromatic N) is 5. The van der Waals surface area contributed by atoms with Crippen molar-refractivity contribution in [1.82, 2.24) is 29.9 Å². The van der Waals surface area contributed by atoms with Gasteiger partial charge in [-0.2, -0.15) is 10.2 Å². The van der Waals surface area contributed by atoms with Crippen LogP contribution < -0.4 is 5.32 Å². The van der Waals surface area contributed by atoms with Crippen LogP contribution in [0.25, 0.3) is 0 Å². The molecule has 1 N–H and O–H groups in total. The van der Waals surface area contributed by atoms with E-state index in [1.54, 1.807) is 6.33 Å². The summed E-state index contributed by atoms with van der Waals surface area (Å²) in [7, 11) is 3.91. The quantitative estimate of drug-likeness (QED) is 0.875. The third-order valence-corrected chi connectivity index (χ3v) is 3.56. The second-order valence-corrected chi connectivity index (χ2v) is 4.82. The standard InChI is InChI=1S/C13H22N6/c1-6-14-11(7-12-15-8-16-19(12)5)13-9(2)17-18(4)10(13)3/h8,11,14H,6-7H2,1-5H3. The number of aromatic nitrogens is 5. The summed E-state index contributed by atoms with van der Waals surface area (Å²) >= 11 is 0. The molecule has 0 saturated heterocycles. The first-order valence-corrected chi connectivity index (χ1v) is 6.61. The molecule has 0 radical (unpaired) electrons. The van der Waals surface area contributed by atoms with Crippen LogP contribution in [0.4, 0.5) is 0 Å². The molecule has 2 aromatic heterocycles. The van der Waals surface area contributed by atoms with Crippen molar-refractivity contribution in [3.05, 3.63) is 29.1 Å². The zero-order valence-electron chi connectivity index (χ0n) is 12.3. The Morgan fingerprint density at radius 1 is 1.26 bits per heavy atom. The minimum Gasteiger partial charge on any atom is -0.310 e. The minimum atomic E-state index is 0.224. The number of rotatable bonds is 5. The molecule has 0 saturated carbocycles. The number of hydrogen-bond donors (Lipinski definition) is 1. The fraction of sp³-hybridized carbons (Fsp3) is 0.615. The second-order valence-electron chi connectivity index (χ2n) is 4.82. The van der Waals surface area contributed by atoms with Gasteiger partial charge in [0.1, 0.15) is 12.2 Å². The highest BCUT2D eigenvalue weighted by Gasteiger charge is 2.21. The molecule has 0 aliphatic carbocycles. The van der Waals surface area contributed by atoms with Crippen LogP contribution in [-0.4, -0.2) is 31.1 Å². The maximum Gasteiger partial charge on any atom is 0.138 e. The van der Waals surface area contributed by atoms with Gasteiger partial charge < -0.3 is 5.32 Å². The van der Waals surface area contributed by atoms with Gasteiger partial charge in [-0.1, -0.05) is 6.92 Å². The zero-order valence-corrected chi connectivity index (χ0v) is 12.3. The monoisotopic (exact) mass is 262 g/mol. The molecule has 0 aromatic carbocycles. The van der Waals surface area contributed by atoms with Crippen molar-refractivity contribution < 1.29 is 0 Å². The molecule has 1 atom stereocenters. The fourth-order valence-electron chi connectivity index (χ4n) is 2.50. The molecule has 6 heteroatoms. The topological polar surface area (TPSA) is 60.6 Å². The Labute approximate surface area is 113 Å². The lowest BCUT2D eigenvalue weighted by Gasteiger charge is -2.18. The Balaban J connectivity index is 2.32. The fourth-order valence-corrected chi connectivity index (χ4v) is 2.50. The summed E-state index contributed by atoms with van der Waals surface area (Å²) in [5.74, 6) is 0.980. The molecule has 0 bridgehead atoms. The molecule has 2 rings (SSSR count). The molecule has 0 spiro atoms. The SMILES string of the molecule is CCNC(Cc1ncnn1C)c1c(C)nn(C)c1C. The van der Waals surface area contributed by atoms with E-state index >= 15 is 0 Å². The summed E-state index contributed by atoms with van der Waals surface area (Å²) < 4.78 is 3.76. The summed E-state index contributed by atoms with van der Waals surface area (Å²) in [5, 5.41) is 12.2. The third kappa shape index (κ3) is 2.68. The van der Waals surface area contributed by atoms with E-state index in [-0.39, 0.29) is 6.04 Å². The van der Waals surface area contributed by atoms with Gasteiger partial charge in [0.05, 0.1) is 5.69 Å². The first-order chi connectivity index (χ1) is 9.04. The maximum atomic E-state index is 4.50. The van der Waals surface area contributed by atoms with Crippen LogP contribution in [0.15, 0.2) is 6.33 Å². The summed E-state index contributed by atoms with van der Waals surface area (Å²) in [4.78, 5) is 4.31. The van der Waals surface area contributed by atoms with Crippen LogP contribution in [-0.2, 0) is 20.5 Å². The molecule has 6 nitrogen and oxygen atoms in total. The lowest BCUT2D eigenvalue weighted by atomic mass is 10.0. The van der Waals surface area contributed by atoms with Crippen LogP contribution >= 0.6 is 0 Å². The van der Waals surface area contributed by atoms with E-state index in [0.717, 1.165) is 24.5 Å². The number of aryl methyl sites for hydroxylation is 3. The van der Waals surface area contributed by atoms with E-state index in [1.807, 2.05) is 23.5 Å². The van der Waals surface area contributed by atoms with Crippen LogP contribution in [0.5, 0.6) is 0 Å². The van der Waals surface area contributed by atoms with Crippen molar-refractivity contribution in [2.75, 3.05) is 6.54 Å². The number of nitrogens with one attached hydrogen (secondary N) is 1. The molecule has 0 aliphatic heterocycles. The molecule has 0 amide bonds. The lowest BCUT2D eigenvalue weighted by molar-refractivity contribution is 0.517. The van der Waals surface area contributed by atoms with Gasteiger partial charge >= 0.3 is 0 Å². The van der Waals surface area contributed by atoms with Gasteiger partial charge in [0.2, 0.25) is 0 Å². The van der Waals surface area contributed by atoms with Gasteiger partial charge in [-0.25, -0.2) is 4.98 Å². The smallest absolute Gasteiger partial charge is 0.138 e. The van der Waals surface area contributed by atoms with Crippen molar-refractivity contribution in [1.29, 1.82) is 0 Å². The maximum absolute atomic E-state index is 4.50. The Morgan fingerprint density at radius 3 is 2.47 bits per heavy atom. The van der Waals surface area contributed by atoms with Crippen molar-refractivity contribution in [3.63, 3.8) is 0 Å². The average Bonchev–Trinajstić information content (AvgIpc) is 2.85. The van der Waals surface area contributed by atoms with E-state index in [9.17, 15) is 0 Å². The van der Waals surface area contributed by atoms with Crippen molar-refractivity contribution >= 4 is 0 Å². The summed E-state index contributed by atoms with van der Waals surface area (Å²) in [6.45, 7) is 7.20. The van der Waals surface area contributed by atoms with Crippen LogP contribution in [0, 0.1) is 13.8 Å². The highest BCUT2D eigenvalue weighted by Crippen LogP contribution is 2.23. The molecule has 104 valence electrons. The summed E-state index contributed by atoms with van der Waals surface area (Å²) in [6.07, 6.45) is 2.42. The third-order valence-electron chi connectivity index (χ3n) is 3.56. The molecule has 2 heterocycles. The van der Waals surface area contributed by atoms with E-state index in [2.05, 4.69) is 41.3 Å². The highest BCUT2D eigenvalue weighted by atomic mass is 15.3.